The zero-order valence-corrected chi connectivity index (χ0v) is 16.9. The smallest absolute Gasteiger partial charge is 0.241 e. The third-order valence-electron chi connectivity index (χ3n) is 3.18. The molecule has 0 spiro atoms. The first-order chi connectivity index (χ1) is 11.8. The summed E-state index contributed by atoms with van der Waals surface area (Å²) in [5.74, 6) is -1.45. The fourth-order valence-electron chi connectivity index (χ4n) is 1.80. The standard InChI is InChI=1S/C15H18ClN3O3S3/c1-3-10(2)23-15-19-18-14(24-15)17-13(20)9-25(21,22)8-11-4-6-12(16)7-5-11/h4-7,10H,3,8-9H2,1-2H3,(H,17,18,20). The summed E-state index contributed by atoms with van der Waals surface area (Å²) in [4.78, 5) is 12.0. The molecule has 1 N–H and O–H groups in total. The number of hydrogen-bond acceptors (Lipinski definition) is 7. The van der Waals surface area contributed by atoms with Gasteiger partial charge in [-0.05, 0) is 24.1 Å². The first-order valence-electron chi connectivity index (χ1n) is 7.52. The van der Waals surface area contributed by atoms with Crippen molar-refractivity contribution in [3.05, 3.63) is 34.9 Å². The molecule has 1 heterocycles. The van der Waals surface area contributed by atoms with Gasteiger partial charge in [0, 0.05) is 10.3 Å². The second kappa shape index (κ2) is 8.98. The van der Waals surface area contributed by atoms with Crippen molar-refractivity contribution in [2.24, 2.45) is 0 Å². The van der Waals surface area contributed by atoms with Gasteiger partial charge in [0.05, 0.1) is 5.75 Å². The third kappa shape index (κ3) is 6.93. The molecule has 1 amide bonds. The van der Waals surface area contributed by atoms with Crippen molar-refractivity contribution < 1.29 is 13.2 Å². The van der Waals surface area contributed by atoms with Gasteiger partial charge in [-0.2, -0.15) is 0 Å². The van der Waals surface area contributed by atoms with Gasteiger partial charge in [-0.25, -0.2) is 8.42 Å². The molecule has 0 bridgehead atoms. The largest absolute Gasteiger partial charge is 0.300 e. The van der Waals surface area contributed by atoms with Gasteiger partial charge >= 0.3 is 0 Å². The van der Waals surface area contributed by atoms with Crippen LogP contribution in [0, 0.1) is 0 Å². The average Bonchev–Trinajstić information content (AvgIpc) is 2.95. The van der Waals surface area contributed by atoms with Crippen molar-refractivity contribution in [2.75, 3.05) is 11.1 Å². The second-order valence-electron chi connectivity index (χ2n) is 5.42. The van der Waals surface area contributed by atoms with Crippen LogP contribution in [0.4, 0.5) is 5.13 Å². The maximum absolute atomic E-state index is 12.1. The van der Waals surface area contributed by atoms with Crippen molar-refractivity contribution in [1.29, 1.82) is 0 Å². The molecule has 0 aliphatic carbocycles. The van der Waals surface area contributed by atoms with E-state index < -0.39 is 21.5 Å². The Morgan fingerprint density at radius 2 is 2.00 bits per heavy atom. The molecule has 1 aromatic heterocycles. The summed E-state index contributed by atoms with van der Waals surface area (Å²) in [6.07, 6.45) is 0.995. The highest BCUT2D eigenvalue weighted by atomic mass is 35.5. The van der Waals surface area contributed by atoms with Crippen LogP contribution in [0.5, 0.6) is 0 Å². The third-order valence-corrected chi connectivity index (χ3v) is 7.10. The fourth-order valence-corrected chi connectivity index (χ4v) is 5.22. The van der Waals surface area contributed by atoms with Gasteiger partial charge in [0.2, 0.25) is 11.0 Å². The molecule has 2 aromatic rings. The van der Waals surface area contributed by atoms with E-state index in [1.807, 2.05) is 0 Å². The normalized spacial score (nSPS) is 12.8. The topological polar surface area (TPSA) is 89.0 Å². The summed E-state index contributed by atoms with van der Waals surface area (Å²) in [7, 11) is -3.59. The van der Waals surface area contributed by atoms with Crippen LogP contribution in [0.2, 0.25) is 5.02 Å². The van der Waals surface area contributed by atoms with E-state index in [-0.39, 0.29) is 5.75 Å². The van der Waals surface area contributed by atoms with E-state index in [2.05, 4.69) is 29.4 Å². The quantitative estimate of drug-likeness (QED) is 0.519. The van der Waals surface area contributed by atoms with Crippen LogP contribution >= 0.6 is 34.7 Å². The lowest BCUT2D eigenvalue weighted by Gasteiger charge is -2.05. The Morgan fingerprint density at radius 3 is 2.64 bits per heavy atom. The minimum absolute atomic E-state index is 0.219. The number of aromatic nitrogens is 2. The predicted octanol–water partition coefficient (Wildman–Crippen LogP) is 3.64. The van der Waals surface area contributed by atoms with E-state index in [9.17, 15) is 13.2 Å². The number of hydrogen-bond donors (Lipinski definition) is 1. The number of nitrogens with one attached hydrogen (secondary N) is 1. The van der Waals surface area contributed by atoms with Crippen LogP contribution in [-0.2, 0) is 20.4 Å². The molecular formula is C15H18ClN3O3S3. The van der Waals surface area contributed by atoms with E-state index >= 15 is 0 Å². The van der Waals surface area contributed by atoms with Crippen molar-refractivity contribution in [1.82, 2.24) is 10.2 Å². The summed E-state index contributed by atoms with van der Waals surface area (Å²) < 4.78 is 25.0. The first kappa shape index (κ1) is 20.2. The molecule has 0 saturated carbocycles. The lowest BCUT2D eigenvalue weighted by Crippen LogP contribution is -2.23. The molecule has 0 aliphatic heterocycles. The van der Waals surface area contributed by atoms with Crippen LogP contribution < -0.4 is 5.32 Å². The zero-order chi connectivity index (χ0) is 18.4. The number of carbonyl (C=O) groups is 1. The molecule has 0 radical (unpaired) electrons. The Bertz CT molecular complexity index is 822. The van der Waals surface area contributed by atoms with Crippen molar-refractivity contribution in [3.63, 3.8) is 0 Å². The molecule has 1 atom stereocenters. The van der Waals surface area contributed by atoms with Gasteiger partial charge in [-0.3, -0.25) is 10.1 Å². The molecule has 2 rings (SSSR count). The van der Waals surface area contributed by atoms with Crippen LogP contribution in [0.3, 0.4) is 0 Å². The predicted molar refractivity (Wildman–Crippen MR) is 103 cm³/mol. The van der Waals surface area contributed by atoms with Gasteiger partial charge in [0.15, 0.2) is 14.2 Å². The van der Waals surface area contributed by atoms with Crippen LogP contribution in [0.25, 0.3) is 0 Å². The summed E-state index contributed by atoms with van der Waals surface area (Å²) >= 11 is 8.58. The highest BCUT2D eigenvalue weighted by molar-refractivity contribution is 8.01. The Balaban J connectivity index is 1.91. The van der Waals surface area contributed by atoms with E-state index in [0.717, 1.165) is 10.8 Å². The Labute approximate surface area is 160 Å². The Kier molecular flexibility index (Phi) is 7.24. The molecule has 1 unspecified atom stereocenters. The number of benzene rings is 1. The zero-order valence-electron chi connectivity index (χ0n) is 13.7. The van der Waals surface area contributed by atoms with E-state index in [4.69, 9.17) is 11.6 Å². The van der Waals surface area contributed by atoms with E-state index in [1.165, 1.54) is 11.3 Å². The fraction of sp³-hybridized carbons (Fsp3) is 0.400. The van der Waals surface area contributed by atoms with Crippen LogP contribution in [0.1, 0.15) is 25.8 Å². The van der Waals surface area contributed by atoms with Crippen molar-refractivity contribution >= 4 is 55.6 Å². The lowest BCUT2D eigenvalue weighted by atomic mass is 10.2. The average molecular weight is 420 g/mol. The van der Waals surface area contributed by atoms with E-state index in [1.54, 1.807) is 36.0 Å². The van der Waals surface area contributed by atoms with Gasteiger partial charge in [0.25, 0.3) is 0 Å². The summed E-state index contributed by atoms with van der Waals surface area (Å²) in [6.45, 7) is 4.15. The first-order valence-corrected chi connectivity index (χ1v) is 11.4. The molecule has 10 heteroatoms. The van der Waals surface area contributed by atoms with Crippen LogP contribution in [0.15, 0.2) is 28.6 Å². The summed E-state index contributed by atoms with van der Waals surface area (Å²) in [6, 6.07) is 6.48. The summed E-state index contributed by atoms with van der Waals surface area (Å²) in [5, 5.41) is 11.6. The van der Waals surface area contributed by atoms with Crippen LogP contribution in [-0.4, -0.2) is 35.5 Å². The highest BCUT2D eigenvalue weighted by Crippen LogP contribution is 2.29. The summed E-state index contributed by atoms with van der Waals surface area (Å²) in [5.41, 5.74) is 0.584. The number of sulfone groups is 1. The molecule has 25 heavy (non-hydrogen) atoms. The van der Waals surface area contributed by atoms with E-state index in [0.29, 0.717) is 21.0 Å². The highest BCUT2D eigenvalue weighted by Gasteiger charge is 2.19. The number of amides is 1. The number of halogens is 1. The molecule has 0 aliphatic rings. The maximum Gasteiger partial charge on any atom is 0.241 e. The van der Waals surface area contributed by atoms with Gasteiger partial charge in [-0.1, -0.05) is 60.7 Å². The lowest BCUT2D eigenvalue weighted by molar-refractivity contribution is -0.113. The number of carbonyl (C=O) groups excluding carboxylic acids is 1. The number of anilines is 1. The van der Waals surface area contributed by atoms with Gasteiger partial charge < -0.3 is 0 Å². The molecule has 1 aromatic carbocycles. The molecule has 0 fully saturated rings. The van der Waals surface area contributed by atoms with Crippen molar-refractivity contribution in [3.8, 4) is 0 Å². The number of nitrogens with zero attached hydrogens (tertiary/aromatic N) is 2. The maximum atomic E-state index is 12.1. The molecule has 6 nitrogen and oxygen atoms in total. The number of thioether (sulfide) groups is 1. The Hall–Kier alpha value is -1.16. The minimum atomic E-state index is -3.59. The number of rotatable bonds is 8. The van der Waals surface area contributed by atoms with Gasteiger partial charge in [0.1, 0.15) is 5.75 Å². The SMILES string of the molecule is CCC(C)Sc1nnc(NC(=O)CS(=O)(=O)Cc2ccc(Cl)cc2)s1. The van der Waals surface area contributed by atoms with Crippen molar-refractivity contribution in [2.45, 2.75) is 35.6 Å². The minimum Gasteiger partial charge on any atom is -0.300 e. The van der Waals surface area contributed by atoms with Gasteiger partial charge in [-0.15, -0.1) is 10.2 Å². The molecular weight excluding hydrogens is 402 g/mol. The monoisotopic (exact) mass is 419 g/mol. The molecule has 0 saturated heterocycles. The Morgan fingerprint density at radius 1 is 1.32 bits per heavy atom. The molecule has 136 valence electrons. The second-order valence-corrected chi connectivity index (χ2v) is 10.6.